The van der Waals surface area contributed by atoms with Crippen LogP contribution in [0.2, 0.25) is 0 Å². The molecule has 1 aromatic rings. The molecule has 4 heteroatoms. The van der Waals surface area contributed by atoms with E-state index in [1.807, 2.05) is 0 Å². The van der Waals surface area contributed by atoms with Crippen LogP contribution >= 0.6 is 0 Å². The van der Waals surface area contributed by atoms with Gasteiger partial charge >= 0.3 is 0 Å². The molecule has 0 bridgehead atoms. The highest BCUT2D eigenvalue weighted by atomic mass is 15.2. The zero-order valence-corrected chi connectivity index (χ0v) is 11.0. The summed E-state index contributed by atoms with van der Waals surface area (Å²) in [6.45, 7) is 9.60. The highest BCUT2D eigenvalue weighted by Gasteiger charge is 2.20. The van der Waals surface area contributed by atoms with Gasteiger partial charge in [-0.15, -0.1) is 0 Å². The number of hydrogen-bond acceptors (Lipinski definition) is 4. The maximum Gasteiger partial charge on any atom is 0.136 e. The van der Waals surface area contributed by atoms with Crippen LogP contribution in [0.1, 0.15) is 38.4 Å². The number of nitrogens with one attached hydrogen (secondary N) is 1. The van der Waals surface area contributed by atoms with E-state index in [1.54, 1.807) is 6.33 Å². The van der Waals surface area contributed by atoms with Gasteiger partial charge in [-0.25, -0.2) is 9.97 Å². The first-order chi connectivity index (χ1) is 8.27. The van der Waals surface area contributed by atoms with Crippen LogP contribution in [0.4, 0.5) is 5.82 Å². The van der Waals surface area contributed by atoms with Gasteiger partial charge in [-0.2, -0.15) is 0 Å². The van der Waals surface area contributed by atoms with Crippen molar-refractivity contribution in [2.45, 2.75) is 46.2 Å². The summed E-state index contributed by atoms with van der Waals surface area (Å²) in [5.41, 5.74) is 2.51. The van der Waals surface area contributed by atoms with Crippen LogP contribution in [-0.4, -0.2) is 29.1 Å². The molecule has 1 atom stereocenters. The van der Waals surface area contributed by atoms with E-state index in [0.29, 0.717) is 6.04 Å². The molecule has 1 unspecified atom stereocenters. The minimum absolute atomic E-state index is 0.529. The zero-order chi connectivity index (χ0) is 12.3. The third-order valence-corrected chi connectivity index (χ3v) is 3.59. The Bertz CT molecular complexity index is 378. The standard InChI is InChI=1S/C13H22N4/c1-4-10(3)17(5-2)13-11-8-14-7-6-12(11)15-9-16-13/h9-10,14H,4-8H2,1-3H3. The molecule has 0 radical (unpaired) electrons. The number of fused-ring (bicyclic) bond motifs is 1. The first-order valence-corrected chi connectivity index (χ1v) is 6.58. The summed E-state index contributed by atoms with van der Waals surface area (Å²) >= 11 is 0. The lowest BCUT2D eigenvalue weighted by molar-refractivity contribution is 0.592. The summed E-state index contributed by atoms with van der Waals surface area (Å²) in [5, 5.41) is 3.41. The molecule has 0 amide bonds. The Hall–Kier alpha value is -1.16. The first kappa shape index (κ1) is 12.3. The molecular formula is C13H22N4. The SMILES string of the molecule is CCC(C)N(CC)c1ncnc2c1CNCC2. The number of anilines is 1. The van der Waals surface area contributed by atoms with E-state index in [9.17, 15) is 0 Å². The largest absolute Gasteiger partial charge is 0.354 e. The van der Waals surface area contributed by atoms with Gasteiger partial charge in [-0.05, 0) is 20.3 Å². The fourth-order valence-corrected chi connectivity index (χ4v) is 2.39. The zero-order valence-electron chi connectivity index (χ0n) is 11.0. The van der Waals surface area contributed by atoms with Crippen molar-refractivity contribution in [2.75, 3.05) is 18.0 Å². The highest BCUT2D eigenvalue weighted by molar-refractivity contribution is 5.50. The summed E-state index contributed by atoms with van der Waals surface area (Å²) in [7, 11) is 0. The van der Waals surface area contributed by atoms with Gasteiger partial charge in [0.15, 0.2) is 0 Å². The Morgan fingerprint density at radius 2 is 2.24 bits per heavy atom. The Labute approximate surface area is 103 Å². The second-order valence-corrected chi connectivity index (χ2v) is 4.59. The topological polar surface area (TPSA) is 41.1 Å². The molecule has 1 aromatic heterocycles. The van der Waals surface area contributed by atoms with Crippen LogP contribution in [0.25, 0.3) is 0 Å². The molecule has 0 aromatic carbocycles. The van der Waals surface area contributed by atoms with Crippen molar-refractivity contribution in [1.29, 1.82) is 0 Å². The van der Waals surface area contributed by atoms with E-state index in [2.05, 4.69) is 41.0 Å². The van der Waals surface area contributed by atoms with Gasteiger partial charge in [0.2, 0.25) is 0 Å². The quantitative estimate of drug-likeness (QED) is 0.861. The molecule has 1 aliphatic rings. The first-order valence-electron chi connectivity index (χ1n) is 6.58. The molecule has 1 aliphatic heterocycles. The third kappa shape index (κ3) is 2.41. The normalized spacial score (nSPS) is 16.4. The van der Waals surface area contributed by atoms with Crippen molar-refractivity contribution >= 4 is 5.82 Å². The van der Waals surface area contributed by atoms with Crippen LogP contribution in [0.3, 0.4) is 0 Å². The molecule has 0 spiro atoms. The monoisotopic (exact) mass is 234 g/mol. The van der Waals surface area contributed by atoms with Crippen LogP contribution in [-0.2, 0) is 13.0 Å². The molecule has 4 nitrogen and oxygen atoms in total. The number of aromatic nitrogens is 2. The molecular weight excluding hydrogens is 212 g/mol. The number of hydrogen-bond donors (Lipinski definition) is 1. The summed E-state index contributed by atoms with van der Waals surface area (Å²) in [5.74, 6) is 1.12. The second-order valence-electron chi connectivity index (χ2n) is 4.59. The Balaban J connectivity index is 2.36. The van der Waals surface area contributed by atoms with Crippen molar-refractivity contribution in [1.82, 2.24) is 15.3 Å². The lowest BCUT2D eigenvalue weighted by atomic mass is 10.1. The van der Waals surface area contributed by atoms with E-state index in [0.717, 1.165) is 38.3 Å². The summed E-state index contributed by atoms with van der Waals surface area (Å²) in [4.78, 5) is 11.3. The van der Waals surface area contributed by atoms with E-state index < -0.39 is 0 Å². The Morgan fingerprint density at radius 1 is 1.41 bits per heavy atom. The van der Waals surface area contributed by atoms with Crippen molar-refractivity contribution in [3.63, 3.8) is 0 Å². The fraction of sp³-hybridized carbons (Fsp3) is 0.692. The summed E-state index contributed by atoms with van der Waals surface area (Å²) in [6.07, 6.45) is 3.87. The van der Waals surface area contributed by atoms with E-state index >= 15 is 0 Å². The number of nitrogens with zero attached hydrogens (tertiary/aromatic N) is 3. The van der Waals surface area contributed by atoms with Gasteiger partial charge in [0.25, 0.3) is 0 Å². The Morgan fingerprint density at radius 3 is 2.94 bits per heavy atom. The van der Waals surface area contributed by atoms with E-state index in [4.69, 9.17) is 0 Å². The van der Waals surface area contributed by atoms with E-state index in [1.165, 1.54) is 11.3 Å². The van der Waals surface area contributed by atoms with Gasteiger partial charge in [0.05, 0.1) is 5.69 Å². The average Bonchev–Trinajstić information content (AvgIpc) is 2.39. The molecule has 0 aliphatic carbocycles. The number of rotatable bonds is 4. The predicted molar refractivity (Wildman–Crippen MR) is 70.2 cm³/mol. The van der Waals surface area contributed by atoms with Crippen LogP contribution < -0.4 is 10.2 Å². The van der Waals surface area contributed by atoms with E-state index in [-0.39, 0.29) is 0 Å². The molecule has 0 fully saturated rings. The fourth-order valence-electron chi connectivity index (χ4n) is 2.39. The molecule has 0 saturated carbocycles. The van der Waals surface area contributed by atoms with Crippen molar-refractivity contribution in [3.8, 4) is 0 Å². The van der Waals surface area contributed by atoms with Gasteiger partial charge in [-0.3, -0.25) is 0 Å². The van der Waals surface area contributed by atoms with Crippen LogP contribution in [0.5, 0.6) is 0 Å². The third-order valence-electron chi connectivity index (χ3n) is 3.59. The molecule has 17 heavy (non-hydrogen) atoms. The van der Waals surface area contributed by atoms with Crippen molar-refractivity contribution < 1.29 is 0 Å². The second kappa shape index (κ2) is 5.45. The van der Waals surface area contributed by atoms with Gasteiger partial charge < -0.3 is 10.2 Å². The Kier molecular flexibility index (Phi) is 3.94. The molecule has 1 N–H and O–H groups in total. The molecule has 2 heterocycles. The minimum Gasteiger partial charge on any atom is -0.354 e. The lowest BCUT2D eigenvalue weighted by Crippen LogP contribution is -2.36. The highest BCUT2D eigenvalue weighted by Crippen LogP contribution is 2.24. The van der Waals surface area contributed by atoms with Crippen LogP contribution in [0.15, 0.2) is 6.33 Å². The summed E-state index contributed by atoms with van der Waals surface area (Å²) < 4.78 is 0. The van der Waals surface area contributed by atoms with Crippen molar-refractivity contribution in [3.05, 3.63) is 17.6 Å². The van der Waals surface area contributed by atoms with Crippen molar-refractivity contribution in [2.24, 2.45) is 0 Å². The minimum atomic E-state index is 0.529. The smallest absolute Gasteiger partial charge is 0.136 e. The average molecular weight is 234 g/mol. The maximum absolute atomic E-state index is 4.51. The molecule has 2 rings (SSSR count). The van der Waals surface area contributed by atoms with Gasteiger partial charge in [0, 0.05) is 37.7 Å². The molecule has 94 valence electrons. The lowest BCUT2D eigenvalue weighted by Gasteiger charge is -2.31. The van der Waals surface area contributed by atoms with Crippen LogP contribution in [0, 0.1) is 0 Å². The van der Waals surface area contributed by atoms with Gasteiger partial charge in [-0.1, -0.05) is 6.92 Å². The summed E-state index contributed by atoms with van der Waals surface area (Å²) in [6, 6.07) is 0.529. The predicted octanol–water partition coefficient (Wildman–Crippen LogP) is 1.75. The van der Waals surface area contributed by atoms with Gasteiger partial charge in [0.1, 0.15) is 12.1 Å². The molecule has 0 saturated heterocycles. The maximum atomic E-state index is 4.51.